The van der Waals surface area contributed by atoms with Gasteiger partial charge in [-0.2, -0.15) is 0 Å². The molecule has 11 nitrogen and oxygen atoms in total. The van der Waals surface area contributed by atoms with Crippen molar-refractivity contribution in [3.8, 4) is 11.5 Å². The molecular formula is C38H38N4O7. The van der Waals surface area contributed by atoms with E-state index in [0.717, 1.165) is 29.9 Å². The van der Waals surface area contributed by atoms with Crippen molar-refractivity contribution in [2.45, 2.75) is 19.5 Å². The first-order valence-electron chi connectivity index (χ1n) is 16.0. The highest BCUT2D eigenvalue weighted by Crippen LogP contribution is 2.35. The van der Waals surface area contributed by atoms with Gasteiger partial charge in [0.05, 0.1) is 38.7 Å². The average molecular weight is 663 g/mol. The largest absolute Gasteiger partial charge is 0.493 e. The van der Waals surface area contributed by atoms with Gasteiger partial charge in [0.2, 0.25) is 5.91 Å². The van der Waals surface area contributed by atoms with Crippen LogP contribution in [0.25, 0.3) is 0 Å². The van der Waals surface area contributed by atoms with Crippen molar-refractivity contribution < 1.29 is 33.4 Å². The molecule has 1 saturated heterocycles. The molecule has 0 spiro atoms. The molecule has 1 atom stereocenters. The van der Waals surface area contributed by atoms with E-state index in [1.807, 2.05) is 55.5 Å². The number of anilines is 3. The third-order valence-electron chi connectivity index (χ3n) is 8.76. The molecule has 1 unspecified atom stereocenters. The lowest BCUT2D eigenvalue weighted by Crippen LogP contribution is -2.46. The number of morpholine rings is 1. The van der Waals surface area contributed by atoms with Gasteiger partial charge in [0.15, 0.2) is 11.5 Å². The Labute approximate surface area is 285 Å². The molecular weight excluding hydrogens is 624 g/mol. The number of aryl methyl sites for hydroxylation is 1. The van der Waals surface area contributed by atoms with E-state index in [1.54, 1.807) is 42.5 Å². The Hall–Kier alpha value is -5.68. The van der Waals surface area contributed by atoms with E-state index in [9.17, 15) is 19.2 Å². The van der Waals surface area contributed by atoms with Crippen LogP contribution in [0, 0.1) is 6.92 Å². The van der Waals surface area contributed by atoms with Gasteiger partial charge in [0, 0.05) is 31.0 Å². The minimum Gasteiger partial charge on any atom is -0.493 e. The Bertz CT molecular complexity index is 1850. The maximum absolute atomic E-state index is 14.5. The van der Waals surface area contributed by atoms with E-state index in [4.69, 9.17) is 14.2 Å². The quantitative estimate of drug-likeness (QED) is 0.228. The van der Waals surface area contributed by atoms with Crippen LogP contribution in [0.5, 0.6) is 11.5 Å². The van der Waals surface area contributed by atoms with Crippen molar-refractivity contribution in [1.29, 1.82) is 0 Å². The number of carbonyl (C=O) groups is 4. The van der Waals surface area contributed by atoms with Gasteiger partial charge >= 0.3 is 0 Å². The number of methoxy groups -OCH3 is 2. The van der Waals surface area contributed by atoms with Gasteiger partial charge in [-0.3, -0.25) is 24.1 Å². The molecule has 2 aliphatic rings. The zero-order valence-electron chi connectivity index (χ0n) is 27.7. The number of nitrogens with one attached hydrogen (secondary N) is 1. The number of nitrogens with zero attached hydrogens (tertiary/aromatic N) is 3. The highest BCUT2D eigenvalue weighted by atomic mass is 16.5. The summed E-state index contributed by atoms with van der Waals surface area (Å²) in [6, 6.07) is 25.6. The molecule has 0 aromatic heterocycles. The number of para-hydroxylation sites is 1. The summed E-state index contributed by atoms with van der Waals surface area (Å²) < 4.78 is 16.5. The predicted molar refractivity (Wildman–Crippen MR) is 185 cm³/mol. The summed E-state index contributed by atoms with van der Waals surface area (Å²) in [4.78, 5) is 59.7. The fourth-order valence-electron chi connectivity index (χ4n) is 6.13. The second-order valence-electron chi connectivity index (χ2n) is 11.9. The van der Waals surface area contributed by atoms with Gasteiger partial charge in [0.25, 0.3) is 17.6 Å². The van der Waals surface area contributed by atoms with Crippen LogP contribution in [0.1, 0.15) is 33.1 Å². The SMILES string of the molecule is COc1ccc(C(C(=O)Nc2ccc(N3CCOCC3)cc2)N(Cc2ccc(C)cc2)C(=O)CN2C(=O)C(=O)c3ccccc32)cc1OC. The van der Waals surface area contributed by atoms with E-state index >= 15 is 0 Å². The molecule has 0 bridgehead atoms. The van der Waals surface area contributed by atoms with Crippen LogP contribution in [0.2, 0.25) is 0 Å². The van der Waals surface area contributed by atoms with Crippen LogP contribution in [0.4, 0.5) is 17.1 Å². The Morgan fingerprint density at radius 1 is 0.878 bits per heavy atom. The van der Waals surface area contributed by atoms with Gasteiger partial charge < -0.3 is 29.3 Å². The maximum Gasteiger partial charge on any atom is 0.299 e. The van der Waals surface area contributed by atoms with Gasteiger partial charge in [-0.1, -0.05) is 48.0 Å². The number of rotatable bonds is 11. The van der Waals surface area contributed by atoms with E-state index < -0.39 is 36.1 Å². The first-order valence-corrected chi connectivity index (χ1v) is 16.0. The number of benzene rings is 4. The van der Waals surface area contributed by atoms with Crippen LogP contribution in [0.15, 0.2) is 91.0 Å². The summed E-state index contributed by atoms with van der Waals surface area (Å²) in [6.45, 7) is 4.41. The smallest absolute Gasteiger partial charge is 0.299 e. The summed E-state index contributed by atoms with van der Waals surface area (Å²) in [6.07, 6.45) is 0. The summed E-state index contributed by atoms with van der Waals surface area (Å²) >= 11 is 0. The Morgan fingerprint density at radius 2 is 1.57 bits per heavy atom. The fraction of sp³-hybridized carbons (Fsp3) is 0.263. The normalized spacial score (nSPS) is 14.7. The van der Waals surface area contributed by atoms with E-state index in [0.29, 0.717) is 41.7 Å². The summed E-state index contributed by atoms with van der Waals surface area (Å²) in [5.74, 6) is -1.64. The fourth-order valence-corrected chi connectivity index (χ4v) is 6.13. The molecule has 4 aromatic rings. The molecule has 0 aliphatic carbocycles. The molecule has 6 rings (SSSR count). The molecule has 11 heteroatoms. The highest BCUT2D eigenvalue weighted by Gasteiger charge is 2.39. The minimum atomic E-state index is -1.17. The first kappa shape index (κ1) is 33.2. The van der Waals surface area contributed by atoms with E-state index in [2.05, 4.69) is 10.2 Å². The van der Waals surface area contributed by atoms with E-state index in [-0.39, 0.29) is 12.1 Å². The van der Waals surface area contributed by atoms with Crippen LogP contribution in [-0.4, -0.2) is 75.5 Å². The molecule has 0 radical (unpaired) electrons. The van der Waals surface area contributed by atoms with Crippen molar-refractivity contribution in [3.05, 3.63) is 113 Å². The zero-order valence-corrected chi connectivity index (χ0v) is 27.7. The lowest BCUT2D eigenvalue weighted by molar-refractivity contribution is -0.139. The Kier molecular flexibility index (Phi) is 9.91. The molecule has 3 amide bonds. The van der Waals surface area contributed by atoms with Crippen LogP contribution < -0.4 is 24.6 Å². The van der Waals surface area contributed by atoms with Crippen LogP contribution in [-0.2, 0) is 25.7 Å². The first-order chi connectivity index (χ1) is 23.8. The van der Waals surface area contributed by atoms with Crippen molar-refractivity contribution >= 4 is 40.6 Å². The second kappa shape index (κ2) is 14.6. The summed E-state index contributed by atoms with van der Waals surface area (Å²) in [5, 5.41) is 3.01. The molecule has 0 saturated carbocycles. The van der Waals surface area contributed by atoms with Crippen LogP contribution in [0.3, 0.4) is 0 Å². The van der Waals surface area contributed by atoms with Crippen molar-refractivity contribution in [2.75, 3.05) is 62.2 Å². The molecule has 2 aliphatic heterocycles. The highest BCUT2D eigenvalue weighted by molar-refractivity contribution is 6.52. The summed E-state index contributed by atoms with van der Waals surface area (Å²) in [5.41, 5.74) is 4.42. The lowest BCUT2D eigenvalue weighted by atomic mass is 10.0. The third kappa shape index (κ3) is 7.12. The number of hydrogen-bond donors (Lipinski definition) is 1. The Balaban J connectivity index is 1.38. The standard InChI is InChI=1S/C38H38N4O7/c1-25-8-10-26(11-9-25)23-42(34(43)24-41-31-7-5-4-6-30(31)36(44)38(41)46)35(27-12-17-32(47-2)33(22-27)48-3)37(45)39-28-13-15-29(16-14-28)40-18-20-49-21-19-40/h4-17,22,35H,18-21,23-24H2,1-3H3,(H,39,45). The molecule has 252 valence electrons. The van der Waals surface area contributed by atoms with Crippen molar-refractivity contribution in [2.24, 2.45) is 0 Å². The Morgan fingerprint density at radius 3 is 2.27 bits per heavy atom. The molecule has 2 heterocycles. The predicted octanol–water partition coefficient (Wildman–Crippen LogP) is 4.79. The molecule has 1 N–H and O–H groups in total. The molecule has 1 fully saturated rings. The number of ether oxygens (including phenoxy) is 3. The van der Waals surface area contributed by atoms with Gasteiger partial charge in [-0.15, -0.1) is 0 Å². The second-order valence-corrected chi connectivity index (χ2v) is 11.9. The minimum absolute atomic E-state index is 0.0408. The van der Waals surface area contributed by atoms with Gasteiger partial charge in [-0.05, 0) is 66.6 Å². The average Bonchev–Trinajstić information content (AvgIpc) is 3.37. The number of fused-ring (bicyclic) bond motifs is 1. The number of carbonyl (C=O) groups excluding carboxylic acids is 4. The maximum atomic E-state index is 14.5. The van der Waals surface area contributed by atoms with Gasteiger partial charge in [0.1, 0.15) is 12.6 Å². The molecule has 4 aromatic carbocycles. The van der Waals surface area contributed by atoms with E-state index in [1.165, 1.54) is 24.0 Å². The third-order valence-corrected chi connectivity index (χ3v) is 8.76. The monoisotopic (exact) mass is 662 g/mol. The van der Waals surface area contributed by atoms with Crippen LogP contribution >= 0.6 is 0 Å². The number of ketones is 1. The van der Waals surface area contributed by atoms with Crippen molar-refractivity contribution in [1.82, 2.24) is 4.90 Å². The van der Waals surface area contributed by atoms with Crippen molar-refractivity contribution in [3.63, 3.8) is 0 Å². The molecule has 49 heavy (non-hydrogen) atoms. The number of amides is 3. The zero-order chi connectivity index (χ0) is 34.5. The topological polar surface area (TPSA) is 118 Å². The lowest BCUT2D eigenvalue weighted by Gasteiger charge is -2.33. The van der Waals surface area contributed by atoms with Gasteiger partial charge in [-0.25, -0.2) is 0 Å². The summed E-state index contributed by atoms with van der Waals surface area (Å²) in [7, 11) is 3.01. The number of Topliss-reactive ketones (excluding diaryl/α,β-unsaturated/α-hetero) is 1. The number of hydrogen-bond acceptors (Lipinski definition) is 8.